The maximum atomic E-state index is 12.3. The van der Waals surface area contributed by atoms with E-state index in [1.54, 1.807) is 0 Å². The number of amides is 3. The number of nitrogens with one attached hydrogen (secondary N) is 3. The zero-order chi connectivity index (χ0) is 21.7. The van der Waals surface area contributed by atoms with Crippen LogP contribution in [0.15, 0.2) is 0 Å². The zero-order valence-electron chi connectivity index (χ0n) is 16.4. The molecule has 0 heterocycles. The van der Waals surface area contributed by atoms with Gasteiger partial charge in [-0.1, -0.05) is 20.3 Å². The largest absolute Gasteiger partial charge is 0.480 e. The van der Waals surface area contributed by atoms with Gasteiger partial charge < -0.3 is 32.5 Å². The lowest BCUT2D eigenvalue weighted by Crippen LogP contribution is -2.54. The van der Waals surface area contributed by atoms with Crippen molar-refractivity contribution >= 4 is 36.3 Å². The van der Waals surface area contributed by atoms with Gasteiger partial charge in [-0.3, -0.25) is 14.4 Å². The minimum Gasteiger partial charge on any atom is -0.480 e. The number of aliphatic carboxylic acids is 1. The fourth-order valence-corrected chi connectivity index (χ4v) is 2.52. The number of carboxylic acids is 1. The highest BCUT2D eigenvalue weighted by molar-refractivity contribution is 7.80. The Hall–Kier alpha value is -1.85. The molecule has 0 aromatic heterocycles. The predicted octanol–water partition coefficient (Wildman–Crippen LogP) is -1.41. The first-order chi connectivity index (χ1) is 13.2. The molecule has 0 aliphatic heterocycles. The summed E-state index contributed by atoms with van der Waals surface area (Å²) in [5.74, 6) is -2.96. The standard InChI is InChI=1S/C17H33N5O5S/c1-3-10(2)14(19)16(25)20-8-13(23)21-12(9-28)15(24)22-11(17(26)27)6-4-5-7-18/h10-12,14,28H,3-9,18-19H2,1-2H3,(H,20,25)(H,21,23)(H,22,24)(H,26,27). The number of carbonyl (C=O) groups excluding carboxylic acids is 3. The SMILES string of the molecule is CCC(C)C(N)C(=O)NCC(=O)NC(CS)C(=O)NC(CCCCN)C(=O)O. The van der Waals surface area contributed by atoms with E-state index in [2.05, 4.69) is 28.6 Å². The number of unbranched alkanes of at least 4 members (excludes halogenated alkanes) is 1. The number of nitrogens with two attached hydrogens (primary N) is 2. The first-order valence-corrected chi connectivity index (χ1v) is 9.97. The number of thiol groups is 1. The maximum absolute atomic E-state index is 12.3. The first-order valence-electron chi connectivity index (χ1n) is 9.34. The molecule has 0 aromatic carbocycles. The minimum atomic E-state index is -1.17. The van der Waals surface area contributed by atoms with Crippen molar-refractivity contribution in [2.45, 2.75) is 57.7 Å². The molecule has 10 nitrogen and oxygen atoms in total. The highest BCUT2D eigenvalue weighted by atomic mass is 32.1. The summed E-state index contributed by atoms with van der Waals surface area (Å²) in [6.45, 7) is 3.82. The Morgan fingerprint density at radius 3 is 2.21 bits per heavy atom. The smallest absolute Gasteiger partial charge is 0.326 e. The number of carbonyl (C=O) groups is 4. The van der Waals surface area contributed by atoms with E-state index in [1.807, 2.05) is 13.8 Å². The molecule has 0 aliphatic carbocycles. The molecule has 0 bridgehead atoms. The third kappa shape index (κ3) is 9.90. The van der Waals surface area contributed by atoms with Gasteiger partial charge in [0.25, 0.3) is 0 Å². The van der Waals surface area contributed by atoms with Crippen molar-refractivity contribution in [3.05, 3.63) is 0 Å². The average molecular weight is 420 g/mol. The molecule has 162 valence electrons. The Labute approximate surface area is 171 Å². The fraction of sp³-hybridized carbons (Fsp3) is 0.765. The third-order valence-electron chi connectivity index (χ3n) is 4.38. The van der Waals surface area contributed by atoms with Gasteiger partial charge in [0.05, 0.1) is 12.6 Å². The normalized spacial score (nSPS) is 15.0. The predicted molar refractivity (Wildman–Crippen MR) is 109 cm³/mol. The summed E-state index contributed by atoms with van der Waals surface area (Å²) in [7, 11) is 0. The van der Waals surface area contributed by atoms with Gasteiger partial charge in [0.1, 0.15) is 12.1 Å². The lowest BCUT2D eigenvalue weighted by atomic mass is 9.99. The van der Waals surface area contributed by atoms with Crippen LogP contribution in [0.1, 0.15) is 39.5 Å². The summed E-state index contributed by atoms with van der Waals surface area (Å²) in [6, 6.07) is -2.84. The third-order valence-corrected chi connectivity index (χ3v) is 4.74. The van der Waals surface area contributed by atoms with E-state index in [4.69, 9.17) is 11.5 Å². The molecule has 0 saturated heterocycles. The van der Waals surface area contributed by atoms with E-state index in [1.165, 1.54) is 0 Å². The summed E-state index contributed by atoms with van der Waals surface area (Å²) in [5, 5.41) is 16.4. The minimum absolute atomic E-state index is 0.0347. The van der Waals surface area contributed by atoms with Crippen molar-refractivity contribution < 1.29 is 24.3 Å². The lowest BCUT2D eigenvalue weighted by Gasteiger charge is -2.21. The first kappa shape index (κ1) is 26.1. The van der Waals surface area contributed by atoms with E-state index in [9.17, 15) is 24.3 Å². The van der Waals surface area contributed by atoms with Crippen molar-refractivity contribution in [1.82, 2.24) is 16.0 Å². The summed E-state index contributed by atoms with van der Waals surface area (Å²) in [6.07, 6.45) is 2.15. The summed E-state index contributed by atoms with van der Waals surface area (Å²) in [5.41, 5.74) is 11.2. The highest BCUT2D eigenvalue weighted by Gasteiger charge is 2.26. The molecule has 4 unspecified atom stereocenters. The molecule has 0 fully saturated rings. The van der Waals surface area contributed by atoms with Crippen LogP contribution in [-0.4, -0.2) is 65.8 Å². The number of carboxylic acid groups (broad SMARTS) is 1. The van der Waals surface area contributed by atoms with E-state index in [0.29, 0.717) is 19.4 Å². The second-order valence-corrected chi connectivity index (χ2v) is 6.98. The van der Waals surface area contributed by atoms with Crippen LogP contribution in [-0.2, 0) is 19.2 Å². The second kappa shape index (κ2) is 14.2. The van der Waals surface area contributed by atoms with Crippen LogP contribution in [0.5, 0.6) is 0 Å². The number of hydrogen-bond acceptors (Lipinski definition) is 7. The van der Waals surface area contributed by atoms with Crippen LogP contribution >= 0.6 is 12.6 Å². The van der Waals surface area contributed by atoms with E-state index >= 15 is 0 Å². The van der Waals surface area contributed by atoms with Crippen LogP contribution in [0.3, 0.4) is 0 Å². The van der Waals surface area contributed by atoms with E-state index in [-0.39, 0.29) is 24.6 Å². The summed E-state index contributed by atoms with van der Waals surface area (Å²) in [4.78, 5) is 47.4. The van der Waals surface area contributed by atoms with Gasteiger partial charge in [0.15, 0.2) is 0 Å². The van der Waals surface area contributed by atoms with Gasteiger partial charge in [-0.2, -0.15) is 12.6 Å². The Balaban J connectivity index is 4.60. The molecular weight excluding hydrogens is 386 g/mol. The molecular formula is C17H33N5O5S. The average Bonchev–Trinajstić information content (AvgIpc) is 2.67. The van der Waals surface area contributed by atoms with Gasteiger partial charge >= 0.3 is 5.97 Å². The summed E-state index contributed by atoms with van der Waals surface area (Å²) < 4.78 is 0. The second-order valence-electron chi connectivity index (χ2n) is 6.62. The van der Waals surface area contributed by atoms with Gasteiger partial charge in [-0.15, -0.1) is 0 Å². The molecule has 4 atom stereocenters. The maximum Gasteiger partial charge on any atom is 0.326 e. The summed E-state index contributed by atoms with van der Waals surface area (Å²) >= 11 is 4.02. The van der Waals surface area contributed by atoms with Crippen molar-refractivity contribution in [2.24, 2.45) is 17.4 Å². The van der Waals surface area contributed by atoms with E-state index in [0.717, 1.165) is 6.42 Å². The molecule has 0 aromatic rings. The Morgan fingerprint density at radius 1 is 1.07 bits per heavy atom. The van der Waals surface area contributed by atoms with Gasteiger partial charge in [-0.25, -0.2) is 4.79 Å². The van der Waals surface area contributed by atoms with Crippen molar-refractivity contribution in [3.63, 3.8) is 0 Å². The van der Waals surface area contributed by atoms with Crippen molar-refractivity contribution in [2.75, 3.05) is 18.8 Å². The van der Waals surface area contributed by atoms with Gasteiger partial charge in [-0.05, 0) is 31.7 Å². The zero-order valence-corrected chi connectivity index (χ0v) is 17.3. The van der Waals surface area contributed by atoms with E-state index < -0.39 is 41.8 Å². The van der Waals surface area contributed by atoms with Crippen LogP contribution in [0, 0.1) is 5.92 Å². The lowest BCUT2D eigenvalue weighted by molar-refractivity contribution is -0.142. The van der Waals surface area contributed by atoms with Crippen LogP contribution in [0.25, 0.3) is 0 Å². The van der Waals surface area contributed by atoms with Crippen molar-refractivity contribution in [1.29, 1.82) is 0 Å². The van der Waals surface area contributed by atoms with Crippen LogP contribution in [0.2, 0.25) is 0 Å². The molecule has 0 rings (SSSR count). The Morgan fingerprint density at radius 2 is 1.71 bits per heavy atom. The Bertz CT molecular complexity index is 534. The van der Waals surface area contributed by atoms with Gasteiger partial charge in [0, 0.05) is 5.75 Å². The molecule has 8 N–H and O–H groups in total. The monoisotopic (exact) mass is 419 g/mol. The molecule has 0 radical (unpaired) electrons. The fourth-order valence-electron chi connectivity index (χ4n) is 2.26. The van der Waals surface area contributed by atoms with Crippen LogP contribution in [0.4, 0.5) is 0 Å². The quantitative estimate of drug-likeness (QED) is 0.134. The van der Waals surface area contributed by atoms with Gasteiger partial charge in [0.2, 0.25) is 17.7 Å². The molecule has 0 aliphatic rings. The highest BCUT2D eigenvalue weighted by Crippen LogP contribution is 2.05. The topological polar surface area (TPSA) is 177 Å². The van der Waals surface area contributed by atoms with Crippen molar-refractivity contribution in [3.8, 4) is 0 Å². The Kier molecular flexibility index (Phi) is 13.3. The molecule has 11 heteroatoms. The molecule has 0 spiro atoms. The number of hydrogen-bond donors (Lipinski definition) is 7. The molecule has 28 heavy (non-hydrogen) atoms. The number of rotatable bonds is 14. The molecule has 0 saturated carbocycles. The molecule has 3 amide bonds. The van der Waals surface area contributed by atoms with Crippen LogP contribution < -0.4 is 27.4 Å².